The van der Waals surface area contributed by atoms with E-state index in [1.54, 1.807) is 22.9 Å². The Morgan fingerprint density at radius 1 is 1.50 bits per heavy atom. The van der Waals surface area contributed by atoms with Gasteiger partial charge in [-0.05, 0) is 0 Å². The van der Waals surface area contributed by atoms with Crippen molar-refractivity contribution in [3.63, 3.8) is 0 Å². The molecular formula is C12H14AsClN2O5S. The van der Waals surface area contributed by atoms with E-state index in [4.69, 9.17) is 16.9 Å². The summed E-state index contributed by atoms with van der Waals surface area (Å²) in [6, 6.07) is 5.84. The molecule has 0 aliphatic rings. The molecule has 0 fully saturated rings. The number of para-hydroxylation sites is 1. The fourth-order valence-electron chi connectivity index (χ4n) is 1.36. The Morgan fingerprint density at radius 2 is 2.18 bits per heavy atom. The number of nitrogens with one attached hydrogen (secondary N) is 1. The molecule has 2 aromatic rings. The number of amides is 1. The standard InChI is InChI=1S/C8H10AsNO5.C4H4ClNS/c1-6(11)10-8-5-3-2-4-7(8)9(12,13)15-14;5-1-4-2-7-3-6-4/h2-5,14H,1H3,(H,10,11)(H,12,13);2-3H,1H2. The Balaban J connectivity index is 0.000000287. The van der Waals surface area contributed by atoms with Crippen molar-refractivity contribution in [3.05, 3.63) is 40.8 Å². The summed E-state index contributed by atoms with van der Waals surface area (Å²) in [5, 5.41) is 12.6. The summed E-state index contributed by atoms with van der Waals surface area (Å²) in [6.07, 6.45) is 0. The summed E-state index contributed by atoms with van der Waals surface area (Å²) in [4.78, 5) is 14.7. The van der Waals surface area contributed by atoms with Gasteiger partial charge in [0.05, 0.1) is 17.1 Å². The Hall–Kier alpha value is -1.15. The van der Waals surface area contributed by atoms with E-state index in [9.17, 15) is 12.6 Å². The number of alkyl halides is 1. The first-order valence-electron chi connectivity index (χ1n) is 5.87. The van der Waals surface area contributed by atoms with Crippen LogP contribution < -0.4 is 9.67 Å². The molecule has 0 saturated heterocycles. The fourth-order valence-corrected chi connectivity index (χ4v) is 3.83. The topological polar surface area (TPSA) is 109 Å². The van der Waals surface area contributed by atoms with Gasteiger partial charge in [0, 0.05) is 5.38 Å². The average Bonchev–Trinajstić information content (AvgIpc) is 3.01. The molecule has 0 radical (unpaired) electrons. The summed E-state index contributed by atoms with van der Waals surface area (Å²) in [6.45, 7) is 1.27. The van der Waals surface area contributed by atoms with Crippen molar-refractivity contribution in [1.29, 1.82) is 0 Å². The fraction of sp³-hybridized carbons (Fsp3) is 0.167. The van der Waals surface area contributed by atoms with Crippen LogP contribution in [0.15, 0.2) is 35.2 Å². The van der Waals surface area contributed by atoms with Crippen LogP contribution in [0, 0.1) is 0 Å². The summed E-state index contributed by atoms with van der Waals surface area (Å²) in [5.74, 6) is 0.152. The smallest absolute Gasteiger partial charge is 0.0795 e. The Bertz CT molecular complexity index is 653. The molecule has 2 rings (SSSR count). The number of hydrogen-bond donors (Lipinski definition) is 3. The third-order valence-corrected chi connectivity index (χ3v) is 5.72. The minimum Gasteiger partial charge on any atom is -0.248 e. The van der Waals surface area contributed by atoms with Gasteiger partial charge in [-0.3, -0.25) is 0 Å². The molecule has 0 bridgehead atoms. The van der Waals surface area contributed by atoms with Crippen LogP contribution in [0.1, 0.15) is 12.6 Å². The number of thiazole rings is 1. The third kappa shape index (κ3) is 5.92. The SMILES string of the molecule is CC(=O)Nc1ccccc1[As](=O)(O)OO.ClCc1cscn1. The van der Waals surface area contributed by atoms with Crippen LogP contribution in [0.25, 0.3) is 0 Å². The second-order valence-corrected chi connectivity index (χ2v) is 8.44. The molecule has 1 unspecified atom stereocenters. The van der Waals surface area contributed by atoms with Crippen LogP contribution in [0.3, 0.4) is 0 Å². The number of benzene rings is 1. The summed E-state index contributed by atoms with van der Waals surface area (Å²) in [7, 11) is 0. The van der Waals surface area contributed by atoms with E-state index in [-0.39, 0.29) is 15.9 Å². The predicted octanol–water partition coefficient (Wildman–Crippen LogP) is 1.59. The first-order valence-corrected chi connectivity index (χ1v) is 10.7. The molecule has 22 heavy (non-hydrogen) atoms. The van der Waals surface area contributed by atoms with Crippen molar-refractivity contribution in [2.45, 2.75) is 12.8 Å². The van der Waals surface area contributed by atoms with Crippen molar-refractivity contribution in [2.24, 2.45) is 0 Å². The van der Waals surface area contributed by atoms with Crippen LogP contribution in [0.5, 0.6) is 0 Å². The van der Waals surface area contributed by atoms with Gasteiger partial charge in [0.1, 0.15) is 0 Å². The van der Waals surface area contributed by atoms with Gasteiger partial charge < -0.3 is 0 Å². The number of aromatic nitrogens is 1. The Morgan fingerprint density at radius 3 is 2.64 bits per heavy atom. The van der Waals surface area contributed by atoms with Crippen LogP contribution >= 0.6 is 22.9 Å². The third-order valence-electron chi connectivity index (χ3n) is 2.25. The second-order valence-electron chi connectivity index (χ2n) is 3.91. The first-order chi connectivity index (χ1) is 10.4. The molecule has 0 saturated carbocycles. The molecule has 1 heterocycles. The van der Waals surface area contributed by atoms with Crippen molar-refractivity contribution in [3.8, 4) is 0 Å². The van der Waals surface area contributed by atoms with Crippen molar-refractivity contribution >= 4 is 53.1 Å². The molecule has 120 valence electrons. The average molecular weight is 409 g/mol. The minimum absolute atomic E-state index is 0.103. The van der Waals surface area contributed by atoms with Gasteiger partial charge >= 0.3 is 88.4 Å². The van der Waals surface area contributed by atoms with Gasteiger partial charge in [-0.1, -0.05) is 0 Å². The maximum Gasteiger partial charge on any atom is 0.0795 e. The van der Waals surface area contributed by atoms with Crippen LogP contribution in [0.2, 0.25) is 0 Å². The molecule has 10 heteroatoms. The van der Waals surface area contributed by atoms with E-state index in [2.05, 4.69) is 14.2 Å². The molecule has 3 N–H and O–H groups in total. The van der Waals surface area contributed by atoms with Crippen LogP contribution in [-0.2, 0) is 18.3 Å². The second kappa shape index (κ2) is 9.09. The van der Waals surface area contributed by atoms with Gasteiger partial charge in [0.25, 0.3) is 0 Å². The van der Waals surface area contributed by atoms with E-state index in [1.165, 1.54) is 25.1 Å². The summed E-state index contributed by atoms with van der Waals surface area (Å²) < 4.78 is 24.1. The molecule has 7 nitrogen and oxygen atoms in total. The number of rotatable bonds is 4. The number of hydrogen-bond acceptors (Lipinski definition) is 6. The summed E-state index contributed by atoms with van der Waals surface area (Å²) >= 11 is 2.06. The first kappa shape index (κ1) is 18.9. The molecule has 1 atom stereocenters. The molecule has 1 aromatic carbocycles. The Labute approximate surface area is 138 Å². The van der Waals surface area contributed by atoms with E-state index < -0.39 is 14.2 Å². The van der Waals surface area contributed by atoms with E-state index >= 15 is 0 Å². The molecule has 0 spiro atoms. The van der Waals surface area contributed by atoms with Gasteiger partial charge in [-0.15, -0.1) is 22.9 Å². The number of carbonyl (C=O) groups is 1. The van der Waals surface area contributed by atoms with Crippen LogP contribution in [-0.4, -0.2) is 34.4 Å². The monoisotopic (exact) mass is 408 g/mol. The zero-order valence-corrected chi connectivity index (χ0v) is 14.9. The summed E-state index contributed by atoms with van der Waals surface area (Å²) in [5.41, 5.74) is 2.90. The zero-order chi connectivity index (χ0) is 16.6. The Kier molecular flexibility index (Phi) is 7.81. The molecular weight excluding hydrogens is 395 g/mol. The predicted molar refractivity (Wildman–Crippen MR) is 84.4 cm³/mol. The molecule has 0 aliphatic heterocycles. The number of carbonyl (C=O) groups excluding carboxylic acids is 1. The minimum atomic E-state index is -4.92. The van der Waals surface area contributed by atoms with E-state index in [0.717, 1.165) is 5.69 Å². The quantitative estimate of drug-likeness (QED) is 0.307. The molecule has 1 amide bonds. The van der Waals surface area contributed by atoms with Gasteiger partial charge in [-0.2, -0.15) is 0 Å². The van der Waals surface area contributed by atoms with Gasteiger partial charge in [0.15, 0.2) is 0 Å². The normalized spacial score (nSPS) is 12.7. The zero-order valence-electron chi connectivity index (χ0n) is 11.5. The maximum atomic E-state index is 11.4. The number of anilines is 1. The van der Waals surface area contributed by atoms with E-state index in [0.29, 0.717) is 5.88 Å². The van der Waals surface area contributed by atoms with Crippen molar-refractivity contribution in [1.82, 2.24) is 4.98 Å². The van der Waals surface area contributed by atoms with Crippen LogP contribution in [0.4, 0.5) is 5.69 Å². The maximum absolute atomic E-state index is 11.4. The largest absolute Gasteiger partial charge is 0.248 e. The van der Waals surface area contributed by atoms with Crippen molar-refractivity contribution < 1.29 is 21.8 Å². The van der Waals surface area contributed by atoms with E-state index in [1.807, 2.05) is 5.38 Å². The van der Waals surface area contributed by atoms with Gasteiger partial charge in [-0.25, -0.2) is 4.98 Å². The number of nitrogens with zero attached hydrogens (tertiary/aromatic N) is 1. The number of halogens is 1. The van der Waals surface area contributed by atoms with Gasteiger partial charge in [0.2, 0.25) is 0 Å². The molecule has 1 aromatic heterocycles. The van der Waals surface area contributed by atoms with Crippen molar-refractivity contribution in [2.75, 3.05) is 5.32 Å². The molecule has 0 aliphatic carbocycles.